The minimum absolute atomic E-state index is 0.0211. The molecule has 0 bridgehead atoms. The lowest BCUT2D eigenvalue weighted by Gasteiger charge is -2.34. The summed E-state index contributed by atoms with van der Waals surface area (Å²) in [4.78, 5) is 2.60. The number of nitrogens with two attached hydrogens (primary N) is 1. The Morgan fingerprint density at radius 2 is 1.79 bits per heavy atom. The van der Waals surface area contributed by atoms with Crippen LogP contribution in [0.5, 0.6) is 0 Å². The fraction of sp³-hybridized carbons (Fsp3) is 0.700. The quantitative estimate of drug-likeness (QED) is 0.602. The zero-order valence-electron chi connectivity index (χ0n) is 16.2. The largest absolute Gasteiger partial charge is 0.303 e. The van der Waals surface area contributed by atoms with Crippen LogP contribution in [0.1, 0.15) is 50.5 Å². The zero-order valence-corrected chi connectivity index (χ0v) is 19.4. The van der Waals surface area contributed by atoms with Crippen LogP contribution in [0.2, 0.25) is 5.02 Å². The molecule has 8 heteroatoms. The minimum atomic E-state index is -3.57. The molecule has 1 saturated heterocycles. The third-order valence-corrected chi connectivity index (χ3v) is 7.93. The van der Waals surface area contributed by atoms with Crippen LogP contribution < -0.4 is 9.86 Å². The molecule has 1 aromatic rings. The van der Waals surface area contributed by atoms with Crippen molar-refractivity contribution in [3.8, 4) is 0 Å². The Morgan fingerprint density at radius 1 is 1.11 bits per heavy atom. The van der Waals surface area contributed by atoms with Gasteiger partial charge >= 0.3 is 0 Å². The van der Waals surface area contributed by atoms with Crippen LogP contribution in [-0.4, -0.2) is 39.0 Å². The van der Waals surface area contributed by atoms with Gasteiger partial charge in [-0.15, -0.1) is 0 Å². The maximum atomic E-state index is 11.1. The lowest BCUT2D eigenvalue weighted by molar-refractivity contribution is 0.164. The number of nitrogens with zero attached hydrogens (tertiary/aromatic N) is 1. The van der Waals surface area contributed by atoms with E-state index in [4.69, 9.17) is 16.7 Å². The Hall–Kier alpha value is -0.180. The molecular weight excluding hydrogens is 462 g/mol. The molecule has 0 aromatic heterocycles. The van der Waals surface area contributed by atoms with Crippen molar-refractivity contribution in [1.29, 1.82) is 0 Å². The van der Waals surface area contributed by atoms with Gasteiger partial charge in [-0.1, -0.05) is 27.5 Å². The summed E-state index contributed by atoms with van der Waals surface area (Å²) < 4.78 is 26.0. The second-order valence-electron chi connectivity index (χ2n) is 8.39. The molecule has 2 aliphatic rings. The highest BCUT2D eigenvalue weighted by Gasteiger charge is 2.25. The SMILES string of the molecule is NS(=O)(=O)N[C@H]1CC[C@H](CCN2CCC(Cc3cc(Cl)ccc3Br)CC2)CC1. The van der Waals surface area contributed by atoms with E-state index in [1.165, 1.54) is 37.9 Å². The van der Waals surface area contributed by atoms with E-state index in [0.717, 1.165) is 54.1 Å². The van der Waals surface area contributed by atoms with E-state index < -0.39 is 10.2 Å². The number of piperidine rings is 1. The number of hydrogen-bond donors (Lipinski definition) is 2. The van der Waals surface area contributed by atoms with E-state index in [9.17, 15) is 8.42 Å². The summed E-state index contributed by atoms with van der Waals surface area (Å²) in [5, 5.41) is 5.89. The normalized spacial score (nSPS) is 25.1. The van der Waals surface area contributed by atoms with Crippen molar-refractivity contribution in [2.24, 2.45) is 17.0 Å². The minimum Gasteiger partial charge on any atom is -0.303 e. The average molecular weight is 493 g/mol. The van der Waals surface area contributed by atoms with Crippen LogP contribution in [0.25, 0.3) is 0 Å². The fourth-order valence-corrected chi connectivity index (χ4v) is 5.89. The third kappa shape index (κ3) is 7.26. The molecule has 5 nitrogen and oxygen atoms in total. The van der Waals surface area contributed by atoms with Crippen molar-refractivity contribution in [2.75, 3.05) is 19.6 Å². The summed E-state index contributed by atoms with van der Waals surface area (Å²) >= 11 is 9.79. The summed E-state index contributed by atoms with van der Waals surface area (Å²) in [5.74, 6) is 1.43. The van der Waals surface area contributed by atoms with Gasteiger partial charge in [-0.2, -0.15) is 13.1 Å². The average Bonchev–Trinajstić information content (AvgIpc) is 2.64. The molecule has 158 valence electrons. The first kappa shape index (κ1) is 22.5. The van der Waals surface area contributed by atoms with Crippen molar-refractivity contribution in [1.82, 2.24) is 9.62 Å². The predicted molar refractivity (Wildman–Crippen MR) is 119 cm³/mol. The van der Waals surface area contributed by atoms with Crippen LogP contribution in [-0.2, 0) is 16.6 Å². The predicted octanol–water partition coefficient (Wildman–Crippen LogP) is 4.10. The van der Waals surface area contributed by atoms with E-state index in [1.54, 1.807) is 0 Å². The van der Waals surface area contributed by atoms with Crippen molar-refractivity contribution < 1.29 is 8.42 Å². The molecule has 1 saturated carbocycles. The zero-order chi connectivity index (χ0) is 20.1. The van der Waals surface area contributed by atoms with E-state index in [0.29, 0.717) is 5.92 Å². The Bertz CT molecular complexity index is 746. The van der Waals surface area contributed by atoms with Crippen LogP contribution in [0.15, 0.2) is 22.7 Å². The second-order valence-corrected chi connectivity index (χ2v) is 11.0. The molecule has 2 fully saturated rings. The summed E-state index contributed by atoms with van der Waals surface area (Å²) in [6.07, 6.45) is 8.77. The van der Waals surface area contributed by atoms with Crippen molar-refractivity contribution in [2.45, 2.75) is 57.4 Å². The monoisotopic (exact) mass is 491 g/mol. The van der Waals surface area contributed by atoms with Crippen LogP contribution in [0.4, 0.5) is 0 Å². The van der Waals surface area contributed by atoms with Gasteiger partial charge in [0.2, 0.25) is 0 Å². The van der Waals surface area contributed by atoms with Crippen molar-refractivity contribution in [3.63, 3.8) is 0 Å². The van der Waals surface area contributed by atoms with Gasteiger partial charge in [0.25, 0.3) is 10.2 Å². The van der Waals surface area contributed by atoms with Gasteiger partial charge in [0.15, 0.2) is 0 Å². The third-order valence-electron chi connectivity index (χ3n) is 6.25. The Labute approximate surface area is 182 Å². The van der Waals surface area contributed by atoms with E-state index in [1.807, 2.05) is 12.1 Å². The number of likely N-dealkylation sites (tertiary alicyclic amines) is 1. The maximum absolute atomic E-state index is 11.1. The highest BCUT2D eigenvalue weighted by molar-refractivity contribution is 9.10. The topological polar surface area (TPSA) is 75.4 Å². The van der Waals surface area contributed by atoms with Crippen molar-refractivity contribution >= 4 is 37.7 Å². The number of halogens is 2. The van der Waals surface area contributed by atoms with E-state index >= 15 is 0 Å². The first-order chi connectivity index (χ1) is 13.3. The Kier molecular flexibility index (Phi) is 8.22. The Morgan fingerprint density at radius 3 is 2.43 bits per heavy atom. The lowest BCUT2D eigenvalue weighted by atomic mass is 9.84. The lowest BCUT2D eigenvalue weighted by Crippen LogP contribution is -2.41. The fourth-order valence-electron chi connectivity index (χ4n) is 4.59. The van der Waals surface area contributed by atoms with Crippen LogP contribution >= 0.6 is 27.5 Å². The van der Waals surface area contributed by atoms with Gasteiger partial charge in [-0.3, -0.25) is 0 Å². The molecule has 3 N–H and O–H groups in total. The highest BCUT2D eigenvalue weighted by atomic mass is 79.9. The summed E-state index contributed by atoms with van der Waals surface area (Å²) in [6, 6.07) is 6.07. The summed E-state index contributed by atoms with van der Waals surface area (Å²) in [5.41, 5.74) is 1.32. The molecule has 1 aromatic carbocycles. The standard InChI is InChI=1S/C20H31BrClN3O2S/c21-20-6-3-18(22)14-17(20)13-16-8-11-25(12-9-16)10-7-15-1-4-19(5-2-15)24-28(23,26)27/h3,6,14-16,19,24H,1-2,4-5,7-13H2,(H2,23,26,27)/t15-,19-. The van der Waals surface area contributed by atoms with Gasteiger partial charge in [0, 0.05) is 15.5 Å². The highest BCUT2D eigenvalue weighted by Crippen LogP contribution is 2.30. The molecule has 1 aliphatic heterocycles. The molecule has 0 amide bonds. The number of benzene rings is 1. The van der Waals surface area contributed by atoms with E-state index in [-0.39, 0.29) is 6.04 Å². The Balaban J connectivity index is 1.34. The van der Waals surface area contributed by atoms with Crippen LogP contribution in [0.3, 0.4) is 0 Å². The smallest absolute Gasteiger partial charge is 0.274 e. The van der Waals surface area contributed by atoms with Gasteiger partial charge < -0.3 is 4.90 Å². The molecule has 1 aliphatic carbocycles. The summed E-state index contributed by atoms with van der Waals surface area (Å²) in [6.45, 7) is 3.50. The van der Waals surface area contributed by atoms with Gasteiger partial charge in [0.1, 0.15) is 0 Å². The van der Waals surface area contributed by atoms with E-state index in [2.05, 4.69) is 31.6 Å². The number of hydrogen-bond acceptors (Lipinski definition) is 3. The first-order valence-corrected chi connectivity index (χ1v) is 13.0. The molecule has 3 rings (SSSR count). The molecule has 28 heavy (non-hydrogen) atoms. The molecule has 0 radical (unpaired) electrons. The van der Waals surface area contributed by atoms with Gasteiger partial charge in [-0.05, 0) is 107 Å². The van der Waals surface area contributed by atoms with Gasteiger partial charge in [0.05, 0.1) is 0 Å². The molecule has 0 atom stereocenters. The summed E-state index contributed by atoms with van der Waals surface area (Å²) in [7, 11) is -3.57. The molecule has 0 unspecified atom stereocenters. The first-order valence-electron chi connectivity index (χ1n) is 10.2. The molecule has 0 spiro atoms. The van der Waals surface area contributed by atoms with Gasteiger partial charge in [-0.25, -0.2) is 5.14 Å². The molecular formula is C20H31BrClN3O2S. The number of rotatable bonds is 7. The van der Waals surface area contributed by atoms with Crippen molar-refractivity contribution in [3.05, 3.63) is 33.3 Å². The van der Waals surface area contributed by atoms with Crippen LogP contribution in [0, 0.1) is 11.8 Å². The maximum Gasteiger partial charge on any atom is 0.274 e. The number of nitrogens with one attached hydrogen (secondary N) is 1. The second kappa shape index (κ2) is 10.2. The molecule has 1 heterocycles.